The Bertz CT molecular complexity index is 786. The molecule has 1 aromatic carbocycles. The molecule has 2 aliphatic rings. The Hall–Kier alpha value is -1.19. The number of piperidine rings is 1. The van der Waals surface area contributed by atoms with Crippen molar-refractivity contribution in [3.05, 3.63) is 28.8 Å². The van der Waals surface area contributed by atoms with Gasteiger partial charge in [0.2, 0.25) is 10.0 Å². The molecule has 0 saturated carbocycles. The molecule has 2 aliphatic heterocycles. The monoisotopic (exact) mass is 414 g/mol. The van der Waals surface area contributed by atoms with E-state index in [4.69, 9.17) is 11.6 Å². The molecule has 0 aliphatic carbocycles. The van der Waals surface area contributed by atoms with Crippen molar-refractivity contribution in [1.82, 2.24) is 19.4 Å². The SMILES string of the molecule is CN1CCC(NC(=O)c2ccc(Cl)c(S(=O)(=O)N3CCN(C)CC3)c2)CC1. The average molecular weight is 415 g/mol. The Morgan fingerprint density at radius 2 is 1.63 bits per heavy atom. The molecule has 1 aromatic rings. The van der Waals surface area contributed by atoms with E-state index in [-0.39, 0.29) is 21.9 Å². The van der Waals surface area contributed by atoms with Crippen LogP contribution in [0.5, 0.6) is 0 Å². The zero-order chi connectivity index (χ0) is 19.6. The molecule has 7 nitrogen and oxygen atoms in total. The Balaban J connectivity index is 1.76. The Labute approximate surface area is 166 Å². The molecule has 1 amide bonds. The van der Waals surface area contributed by atoms with Crippen LogP contribution in [0.15, 0.2) is 23.1 Å². The fraction of sp³-hybridized carbons (Fsp3) is 0.611. The zero-order valence-electron chi connectivity index (χ0n) is 15.8. The lowest BCUT2D eigenvalue weighted by atomic mass is 10.0. The van der Waals surface area contributed by atoms with Crippen LogP contribution in [0, 0.1) is 0 Å². The number of sulfonamides is 1. The van der Waals surface area contributed by atoms with Gasteiger partial charge >= 0.3 is 0 Å². The highest BCUT2D eigenvalue weighted by Crippen LogP contribution is 2.27. The molecule has 150 valence electrons. The molecule has 2 heterocycles. The number of halogens is 1. The topological polar surface area (TPSA) is 73.0 Å². The maximum Gasteiger partial charge on any atom is 0.251 e. The van der Waals surface area contributed by atoms with Crippen molar-refractivity contribution in [2.75, 3.05) is 53.4 Å². The fourth-order valence-electron chi connectivity index (χ4n) is 3.43. The van der Waals surface area contributed by atoms with Gasteiger partial charge < -0.3 is 15.1 Å². The largest absolute Gasteiger partial charge is 0.349 e. The van der Waals surface area contributed by atoms with Crippen LogP contribution in [0.4, 0.5) is 0 Å². The van der Waals surface area contributed by atoms with Crippen LogP contribution in [0.1, 0.15) is 23.2 Å². The molecule has 0 unspecified atom stereocenters. The van der Waals surface area contributed by atoms with Crippen molar-refractivity contribution in [1.29, 1.82) is 0 Å². The summed E-state index contributed by atoms with van der Waals surface area (Å²) >= 11 is 6.19. The summed E-state index contributed by atoms with van der Waals surface area (Å²) in [6, 6.07) is 4.59. The van der Waals surface area contributed by atoms with Gasteiger partial charge in [0.1, 0.15) is 4.90 Å². The number of amides is 1. The number of rotatable bonds is 4. The van der Waals surface area contributed by atoms with Gasteiger partial charge in [-0.05, 0) is 58.2 Å². The molecule has 9 heteroatoms. The van der Waals surface area contributed by atoms with Gasteiger partial charge in [-0.1, -0.05) is 11.6 Å². The molecule has 0 bridgehead atoms. The van der Waals surface area contributed by atoms with E-state index in [1.54, 1.807) is 6.07 Å². The molecule has 0 radical (unpaired) electrons. The predicted molar refractivity (Wildman–Crippen MR) is 106 cm³/mol. The van der Waals surface area contributed by atoms with Crippen molar-refractivity contribution in [2.45, 2.75) is 23.8 Å². The number of hydrogen-bond acceptors (Lipinski definition) is 5. The summed E-state index contributed by atoms with van der Waals surface area (Å²) in [7, 11) is 0.301. The molecule has 2 saturated heterocycles. The standard InChI is InChI=1S/C18H27ClN4O3S/c1-21-7-5-15(6-8-21)20-18(24)14-3-4-16(19)17(13-14)27(25,26)23-11-9-22(2)10-12-23/h3-4,13,15H,5-12H2,1-2H3,(H,20,24). The van der Waals surface area contributed by atoms with Crippen molar-refractivity contribution >= 4 is 27.5 Å². The lowest BCUT2D eigenvalue weighted by Crippen LogP contribution is -2.47. The van der Waals surface area contributed by atoms with Gasteiger partial charge in [-0.25, -0.2) is 8.42 Å². The van der Waals surface area contributed by atoms with E-state index < -0.39 is 10.0 Å². The third-order valence-electron chi connectivity index (χ3n) is 5.33. The van der Waals surface area contributed by atoms with Gasteiger partial charge in [-0.2, -0.15) is 4.31 Å². The third kappa shape index (κ3) is 4.81. The fourth-order valence-corrected chi connectivity index (χ4v) is 5.35. The van der Waals surface area contributed by atoms with E-state index in [2.05, 4.69) is 22.2 Å². The van der Waals surface area contributed by atoms with Crippen molar-refractivity contribution < 1.29 is 13.2 Å². The number of carbonyl (C=O) groups excluding carboxylic acids is 1. The van der Waals surface area contributed by atoms with Gasteiger partial charge in [-0.15, -0.1) is 0 Å². The summed E-state index contributed by atoms with van der Waals surface area (Å²) < 4.78 is 27.4. The summed E-state index contributed by atoms with van der Waals surface area (Å²) in [5, 5.41) is 3.16. The van der Waals surface area contributed by atoms with E-state index in [1.165, 1.54) is 16.4 Å². The first-order chi connectivity index (χ1) is 12.8. The van der Waals surface area contributed by atoms with E-state index in [9.17, 15) is 13.2 Å². The molecule has 2 fully saturated rings. The maximum absolute atomic E-state index is 13.0. The lowest BCUT2D eigenvalue weighted by Gasteiger charge is -2.32. The number of nitrogens with one attached hydrogen (secondary N) is 1. The molecular formula is C18H27ClN4O3S. The van der Waals surface area contributed by atoms with Crippen LogP contribution in [0.3, 0.4) is 0 Å². The van der Waals surface area contributed by atoms with Crippen molar-refractivity contribution in [2.24, 2.45) is 0 Å². The Morgan fingerprint density at radius 3 is 2.26 bits per heavy atom. The second kappa shape index (κ2) is 8.45. The van der Waals surface area contributed by atoms with Crippen LogP contribution in [-0.4, -0.2) is 87.8 Å². The number of carbonyl (C=O) groups is 1. The smallest absolute Gasteiger partial charge is 0.251 e. The first kappa shape index (κ1) is 20.5. The Morgan fingerprint density at radius 1 is 1.04 bits per heavy atom. The summed E-state index contributed by atoms with van der Waals surface area (Å²) in [4.78, 5) is 16.9. The number of nitrogens with zero attached hydrogens (tertiary/aromatic N) is 3. The van der Waals surface area contributed by atoms with Crippen LogP contribution in [0.25, 0.3) is 0 Å². The van der Waals surface area contributed by atoms with Crippen molar-refractivity contribution in [3.63, 3.8) is 0 Å². The number of likely N-dealkylation sites (N-methyl/N-ethyl adjacent to an activating group) is 1. The normalized spacial score (nSPS) is 21.3. The highest BCUT2D eigenvalue weighted by atomic mass is 35.5. The lowest BCUT2D eigenvalue weighted by molar-refractivity contribution is 0.0916. The van der Waals surface area contributed by atoms with Gasteiger partial charge in [0.25, 0.3) is 5.91 Å². The van der Waals surface area contributed by atoms with Gasteiger partial charge in [0, 0.05) is 37.8 Å². The number of hydrogen-bond donors (Lipinski definition) is 1. The first-order valence-corrected chi connectivity index (χ1v) is 11.1. The molecule has 0 atom stereocenters. The molecular weight excluding hydrogens is 388 g/mol. The number of benzene rings is 1. The predicted octanol–water partition coefficient (Wildman–Crippen LogP) is 1.10. The van der Waals surface area contributed by atoms with E-state index in [1.807, 2.05) is 7.05 Å². The van der Waals surface area contributed by atoms with E-state index in [0.29, 0.717) is 31.7 Å². The van der Waals surface area contributed by atoms with Gasteiger partial charge in [-0.3, -0.25) is 4.79 Å². The molecule has 3 rings (SSSR count). The van der Waals surface area contributed by atoms with E-state index >= 15 is 0 Å². The van der Waals surface area contributed by atoms with Gasteiger partial charge in [0.15, 0.2) is 0 Å². The minimum atomic E-state index is -3.72. The van der Waals surface area contributed by atoms with E-state index in [0.717, 1.165) is 25.9 Å². The molecule has 0 spiro atoms. The molecule has 1 N–H and O–H groups in total. The van der Waals surface area contributed by atoms with Crippen LogP contribution in [0.2, 0.25) is 5.02 Å². The van der Waals surface area contributed by atoms with Crippen LogP contribution in [-0.2, 0) is 10.0 Å². The third-order valence-corrected chi connectivity index (χ3v) is 7.71. The van der Waals surface area contributed by atoms with Crippen LogP contribution >= 0.6 is 11.6 Å². The number of likely N-dealkylation sites (tertiary alicyclic amines) is 1. The highest BCUT2D eigenvalue weighted by Gasteiger charge is 2.30. The second-order valence-electron chi connectivity index (χ2n) is 7.40. The minimum Gasteiger partial charge on any atom is -0.349 e. The summed E-state index contributed by atoms with van der Waals surface area (Å²) in [6.45, 7) is 4.06. The van der Waals surface area contributed by atoms with Gasteiger partial charge in [0.05, 0.1) is 5.02 Å². The minimum absolute atomic E-state index is 0.00440. The molecule has 0 aromatic heterocycles. The second-order valence-corrected chi connectivity index (χ2v) is 9.72. The summed E-state index contributed by atoms with van der Waals surface area (Å²) in [5.41, 5.74) is 0.325. The summed E-state index contributed by atoms with van der Waals surface area (Å²) in [5.74, 6) is -0.254. The maximum atomic E-state index is 13.0. The quantitative estimate of drug-likeness (QED) is 0.798. The number of piperazine rings is 1. The first-order valence-electron chi connectivity index (χ1n) is 9.25. The van der Waals surface area contributed by atoms with Crippen LogP contribution < -0.4 is 5.32 Å². The average Bonchev–Trinajstić information content (AvgIpc) is 2.64. The Kier molecular flexibility index (Phi) is 6.43. The highest BCUT2D eigenvalue weighted by molar-refractivity contribution is 7.89. The molecule has 27 heavy (non-hydrogen) atoms. The zero-order valence-corrected chi connectivity index (χ0v) is 17.4. The summed E-state index contributed by atoms with van der Waals surface area (Å²) in [6.07, 6.45) is 1.78. The van der Waals surface area contributed by atoms with Crippen molar-refractivity contribution in [3.8, 4) is 0 Å².